The van der Waals surface area contributed by atoms with Gasteiger partial charge < -0.3 is 20.9 Å². The molecule has 1 saturated heterocycles. The standard InChI is InChI=1S/C26H26F3N9O2/c1-36(2)17-10-11-37(12-17)24(39)18-13-38-22(23(30)31-14-32-38)21(18)15-6-8-16(9-7-15)33-25(40)35-20-5-3-4-19(34-20)26(27,28)29/h3-9,13-14,17H,10-12H2,1-2H3,(H2,30,31,32)(H2,33,34,35,40). The van der Waals surface area contributed by atoms with Crippen LogP contribution in [0, 0.1) is 0 Å². The molecule has 0 radical (unpaired) electrons. The monoisotopic (exact) mass is 553 g/mol. The van der Waals surface area contributed by atoms with Crippen molar-refractivity contribution in [2.24, 2.45) is 0 Å². The molecule has 1 aromatic carbocycles. The Labute approximate surface area is 226 Å². The van der Waals surface area contributed by atoms with Crippen molar-refractivity contribution >= 4 is 34.8 Å². The van der Waals surface area contributed by atoms with Crippen LogP contribution in [-0.2, 0) is 6.18 Å². The number of fused-ring (bicyclic) bond motifs is 1. The second-order valence-corrected chi connectivity index (χ2v) is 9.58. The molecule has 11 nitrogen and oxygen atoms in total. The van der Waals surface area contributed by atoms with E-state index in [1.807, 2.05) is 14.1 Å². The Morgan fingerprint density at radius 2 is 1.85 bits per heavy atom. The van der Waals surface area contributed by atoms with Gasteiger partial charge in [0, 0.05) is 36.6 Å². The van der Waals surface area contributed by atoms with Crippen LogP contribution in [0.5, 0.6) is 0 Å². The van der Waals surface area contributed by atoms with E-state index in [1.54, 1.807) is 35.4 Å². The minimum atomic E-state index is -4.63. The lowest BCUT2D eigenvalue weighted by Gasteiger charge is -2.20. The Morgan fingerprint density at radius 3 is 2.52 bits per heavy atom. The predicted molar refractivity (Wildman–Crippen MR) is 143 cm³/mol. The number of aromatic nitrogens is 4. The van der Waals surface area contributed by atoms with Crippen LogP contribution in [0.4, 0.5) is 35.3 Å². The molecular weight excluding hydrogens is 527 g/mol. The molecule has 4 N–H and O–H groups in total. The van der Waals surface area contributed by atoms with Crippen LogP contribution in [0.15, 0.2) is 55.0 Å². The van der Waals surface area contributed by atoms with Gasteiger partial charge in [-0.25, -0.2) is 19.3 Å². The topological polar surface area (TPSA) is 134 Å². The second kappa shape index (κ2) is 10.4. The summed E-state index contributed by atoms with van der Waals surface area (Å²) in [5.41, 5.74) is 7.52. The van der Waals surface area contributed by atoms with Crippen molar-refractivity contribution in [2.75, 3.05) is 43.6 Å². The molecule has 4 aromatic rings. The summed E-state index contributed by atoms with van der Waals surface area (Å²) in [7, 11) is 3.97. The number of alkyl halides is 3. The Bertz CT molecular complexity index is 1570. The first-order valence-electron chi connectivity index (χ1n) is 12.3. The molecule has 0 saturated carbocycles. The minimum Gasteiger partial charge on any atom is -0.382 e. The van der Waals surface area contributed by atoms with E-state index in [1.165, 1.54) is 16.9 Å². The van der Waals surface area contributed by atoms with Crippen LogP contribution in [0.2, 0.25) is 0 Å². The zero-order valence-electron chi connectivity index (χ0n) is 21.6. The molecule has 1 atom stereocenters. The van der Waals surface area contributed by atoms with Gasteiger partial charge >= 0.3 is 12.2 Å². The fourth-order valence-electron chi connectivity index (χ4n) is 4.67. The maximum atomic E-state index is 13.6. The number of amides is 3. The Hall–Kier alpha value is -4.72. The van der Waals surface area contributed by atoms with Gasteiger partial charge in [-0.15, -0.1) is 0 Å². The SMILES string of the molecule is CN(C)C1CCN(C(=O)c2cn3ncnc(N)c3c2-c2ccc(NC(=O)Nc3cccc(C(F)(F)F)n3)cc2)C1. The van der Waals surface area contributed by atoms with Crippen LogP contribution < -0.4 is 16.4 Å². The summed E-state index contributed by atoms with van der Waals surface area (Å²) in [6.07, 6.45) is -0.828. The number of hydrogen-bond donors (Lipinski definition) is 3. The highest BCUT2D eigenvalue weighted by Crippen LogP contribution is 2.34. The Morgan fingerprint density at radius 1 is 1.10 bits per heavy atom. The van der Waals surface area contributed by atoms with Crippen LogP contribution in [0.3, 0.4) is 0 Å². The van der Waals surface area contributed by atoms with Gasteiger partial charge in [-0.2, -0.15) is 18.3 Å². The zero-order chi connectivity index (χ0) is 28.6. The van der Waals surface area contributed by atoms with Crippen LogP contribution in [-0.4, -0.2) is 74.5 Å². The van der Waals surface area contributed by atoms with Crippen LogP contribution >= 0.6 is 0 Å². The van der Waals surface area contributed by atoms with Gasteiger partial charge in [-0.1, -0.05) is 18.2 Å². The average Bonchev–Trinajstić information content (AvgIpc) is 3.55. The smallest absolute Gasteiger partial charge is 0.382 e. The molecule has 14 heteroatoms. The van der Waals surface area contributed by atoms with Crippen LogP contribution in [0.1, 0.15) is 22.5 Å². The summed E-state index contributed by atoms with van der Waals surface area (Å²) in [4.78, 5) is 37.4. The molecule has 0 aliphatic carbocycles. The van der Waals surface area contributed by atoms with Crippen LogP contribution in [0.25, 0.3) is 16.6 Å². The van der Waals surface area contributed by atoms with Gasteiger partial charge in [-0.05, 0) is 50.3 Å². The molecule has 0 bridgehead atoms. The largest absolute Gasteiger partial charge is 0.433 e. The molecule has 1 unspecified atom stereocenters. The molecule has 208 valence electrons. The maximum Gasteiger partial charge on any atom is 0.433 e. The summed E-state index contributed by atoms with van der Waals surface area (Å²) in [5, 5.41) is 9.08. The number of likely N-dealkylation sites (N-methyl/N-ethyl adjacent to an activating group) is 1. The molecule has 3 aromatic heterocycles. The number of benzene rings is 1. The number of pyridine rings is 1. The highest BCUT2D eigenvalue weighted by molar-refractivity contribution is 6.07. The van der Waals surface area contributed by atoms with Crippen molar-refractivity contribution in [3.8, 4) is 11.1 Å². The summed E-state index contributed by atoms with van der Waals surface area (Å²) < 4.78 is 40.3. The van der Waals surface area contributed by atoms with E-state index in [9.17, 15) is 22.8 Å². The number of nitrogens with two attached hydrogens (primary N) is 1. The number of nitrogen functional groups attached to an aromatic ring is 1. The number of urea groups is 1. The molecule has 0 spiro atoms. The van der Waals surface area contributed by atoms with E-state index in [2.05, 4.69) is 30.6 Å². The highest BCUT2D eigenvalue weighted by atomic mass is 19.4. The van der Waals surface area contributed by atoms with E-state index in [-0.39, 0.29) is 23.6 Å². The first-order chi connectivity index (χ1) is 19.0. The van der Waals surface area contributed by atoms with Gasteiger partial charge in [0.2, 0.25) is 0 Å². The number of nitrogens with zero attached hydrogens (tertiary/aromatic N) is 6. The molecule has 1 aliphatic heterocycles. The minimum absolute atomic E-state index is 0.153. The average molecular weight is 554 g/mol. The van der Waals surface area contributed by atoms with Gasteiger partial charge in [0.05, 0.1) is 5.56 Å². The summed E-state index contributed by atoms with van der Waals surface area (Å²) >= 11 is 0. The van der Waals surface area contributed by atoms with Crippen molar-refractivity contribution in [2.45, 2.75) is 18.6 Å². The van der Waals surface area contributed by atoms with E-state index >= 15 is 0 Å². The van der Waals surface area contributed by atoms with E-state index in [0.717, 1.165) is 18.6 Å². The first kappa shape index (κ1) is 26.9. The number of hydrogen-bond acceptors (Lipinski definition) is 7. The van der Waals surface area contributed by atoms with E-state index < -0.39 is 17.9 Å². The number of rotatable bonds is 5. The van der Waals surface area contributed by atoms with Crippen molar-refractivity contribution in [1.29, 1.82) is 0 Å². The Balaban J connectivity index is 1.39. The van der Waals surface area contributed by atoms with Crippen molar-refractivity contribution < 1.29 is 22.8 Å². The van der Waals surface area contributed by atoms with E-state index in [0.29, 0.717) is 41.0 Å². The molecule has 4 heterocycles. The number of anilines is 3. The third kappa shape index (κ3) is 5.38. The summed E-state index contributed by atoms with van der Waals surface area (Å²) in [6.45, 7) is 1.21. The van der Waals surface area contributed by atoms with Crippen molar-refractivity contribution in [3.05, 3.63) is 66.2 Å². The lowest BCUT2D eigenvalue weighted by atomic mass is 10.0. The van der Waals surface area contributed by atoms with Gasteiger partial charge in [-0.3, -0.25) is 10.1 Å². The zero-order valence-corrected chi connectivity index (χ0v) is 21.6. The number of nitrogens with one attached hydrogen (secondary N) is 2. The third-order valence-electron chi connectivity index (χ3n) is 6.73. The summed E-state index contributed by atoms with van der Waals surface area (Å²) in [6, 6.07) is 9.31. The fraction of sp³-hybridized carbons (Fsp3) is 0.269. The Kier molecular flexibility index (Phi) is 7.02. The summed E-state index contributed by atoms with van der Waals surface area (Å²) in [5.74, 6) is -0.201. The predicted octanol–water partition coefficient (Wildman–Crippen LogP) is 3.81. The quantitative estimate of drug-likeness (QED) is 0.342. The molecule has 1 aliphatic rings. The number of carbonyl (C=O) groups is 2. The van der Waals surface area contributed by atoms with Gasteiger partial charge in [0.25, 0.3) is 5.91 Å². The molecule has 40 heavy (non-hydrogen) atoms. The number of carbonyl (C=O) groups excluding carboxylic acids is 2. The molecule has 1 fully saturated rings. The van der Waals surface area contributed by atoms with Crippen molar-refractivity contribution in [1.82, 2.24) is 29.4 Å². The van der Waals surface area contributed by atoms with Crippen molar-refractivity contribution in [3.63, 3.8) is 0 Å². The maximum absolute atomic E-state index is 13.6. The molecular formula is C26H26F3N9O2. The lowest BCUT2D eigenvalue weighted by molar-refractivity contribution is -0.141. The second-order valence-electron chi connectivity index (χ2n) is 9.58. The third-order valence-corrected chi connectivity index (χ3v) is 6.73. The highest BCUT2D eigenvalue weighted by Gasteiger charge is 2.33. The molecule has 3 amide bonds. The van der Waals surface area contributed by atoms with Gasteiger partial charge in [0.15, 0.2) is 5.82 Å². The van der Waals surface area contributed by atoms with E-state index in [4.69, 9.17) is 5.73 Å². The number of halogens is 3. The number of likely N-dealkylation sites (tertiary alicyclic amines) is 1. The lowest BCUT2D eigenvalue weighted by Crippen LogP contribution is -2.34. The normalized spacial score (nSPS) is 15.6. The van der Waals surface area contributed by atoms with Gasteiger partial charge in [0.1, 0.15) is 23.4 Å². The fourth-order valence-corrected chi connectivity index (χ4v) is 4.67. The first-order valence-corrected chi connectivity index (χ1v) is 12.3. The molecule has 5 rings (SSSR count).